The lowest BCUT2D eigenvalue weighted by Gasteiger charge is -2.09. The summed E-state index contributed by atoms with van der Waals surface area (Å²) < 4.78 is 0. The largest absolute Gasteiger partial charge is 0.122 e. The van der Waals surface area contributed by atoms with E-state index < -0.39 is 0 Å². The van der Waals surface area contributed by atoms with Gasteiger partial charge in [0, 0.05) is 5.00 Å². The maximum Gasteiger partial charge on any atom is 0.0553 e. The highest BCUT2D eigenvalue weighted by Gasteiger charge is 2.04. The number of hydrogen-bond acceptors (Lipinski definition) is 0. The standard InChI is InChI=1S/C9H10ClSi/c1-6-4-3-5-8(7(6)2)9(10)11/h3-5,9H,1-2H3. The number of aryl methyl sites for hydroxylation is 1. The molecule has 11 heavy (non-hydrogen) atoms. The fourth-order valence-corrected chi connectivity index (χ4v) is 1.60. The predicted molar refractivity (Wildman–Crippen MR) is 50.3 cm³/mol. The quantitative estimate of drug-likeness (QED) is 0.462. The first-order chi connectivity index (χ1) is 5.13. The summed E-state index contributed by atoms with van der Waals surface area (Å²) in [5.41, 5.74) is 3.71. The zero-order chi connectivity index (χ0) is 8.43. The maximum absolute atomic E-state index is 5.89. The molecule has 0 aliphatic carbocycles. The van der Waals surface area contributed by atoms with Gasteiger partial charge in [0.15, 0.2) is 0 Å². The van der Waals surface area contributed by atoms with Gasteiger partial charge in [-0.1, -0.05) is 18.2 Å². The van der Waals surface area contributed by atoms with Gasteiger partial charge in [0.05, 0.1) is 10.2 Å². The predicted octanol–water partition coefficient (Wildman–Crippen LogP) is 2.71. The second kappa shape index (κ2) is 3.42. The van der Waals surface area contributed by atoms with Crippen molar-refractivity contribution in [2.24, 2.45) is 0 Å². The van der Waals surface area contributed by atoms with Gasteiger partial charge in [-0.05, 0) is 30.5 Å². The van der Waals surface area contributed by atoms with E-state index in [1.165, 1.54) is 11.1 Å². The molecule has 0 aromatic heterocycles. The highest BCUT2D eigenvalue weighted by atomic mass is 35.5. The van der Waals surface area contributed by atoms with Gasteiger partial charge in [-0.3, -0.25) is 0 Å². The average Bonchev–Trinajstić information content (AvgIpc) is 1.94. The zero-order valence-electron chi connectivity index (χ0n) is 6.69. The molecule has 1 unspecified atom stereocenters. The van der Waals surface area contributed by atoms with Gasteiger partial charge in [0.25, 0.3) is 0 Å². The van der Waals surface area contributed by atoms with Crippen LogP contribution in [0.5, 0.6) is 0 Å². The van der Waals surface area contributed by atoms with Crippen LogP contribution in [-0.2, 0) is 0 Å². The Morgan fingerprint density at radius 2 is 2.00 bits per heavy atom. The molecule has 0 amide bonds. The van der Waals surface area contributed by atoms with E-state index in [4.69, 9.17) is 11.6 Å². The summed E-state index contributed by atoms with van der Waals surface area (Å²) in [6, 6.07) is 6.14. The second-order valence-corrected chi connectivity index (χ2v) is 4.03. The van der Waals surface area contributed by atoms with E-state index in [1.54, 1.807) is 0 Å². The van der Waals surface area contributed by atoms with Gasteiger partial charge >= 0.3 is 0 Å². The topological polar surface area (TPSA) is 0 Å². The normalized spacial score (nSPS) is 13.1. The minimum Gasteiger partial charge on any atom is -0.122 e. The van der Waals surface area contributed by atoms with Crippen LogP contribution < -0.4 is 0 Å². The molecule has 0 saturated carbocycles. The van der Waals surface area contributed by atoms with Crippen molar-refractivity contribution in [2.45, 2.75) is 18.8 Å². The molecule has 2 heteroatoms. The third-order valence-electron chi connectivity index (χ3n) is 1.92. The minimum atomic E-state index is -0.0742. The van der Waals surface area contributed by atoms with Crippen molar-refractivity contribution < 1.29 is 0 Å². The molecule has 0 heterocycles. The summed E-state index contributed by atoms with van der Waals surface area (Å²) >= 11 is 5.89. The molecule has 1 aromatic carbocycles. The Hall–Kier alpha value is -0.273. The fourth-order valence-electron chi connectivity index (χ4n) is 1.05. The van der Waals surface area contributed by atoms with Gasteiger partial charge in [-0.25, -0.2) is 0 Å². The molecule has 3 radical (unpaired) electrons. The maximum atomic E-state index is 5.89. The van der Waals surface area contributed by atoms with Crippen molar-refractivity contribution in [2.75, 3.05) is 0 Å². The first-order valence-corrected chi connectivity index (χ1v) is 4.55. The third-order valence-corrected chi connectivity index (χ3v) is 2.47. The van der Waals surface area contributed by atoms with Gasteiger partial charge in [-0.2, -0.15) is 0 Å². The number of benzene rings is 1. The van der Waals surface area contributed by atoms with Crippen LogP contribution in [-0.4, -0.2) is 10.2 Å². The number of alkyl halides is 1. The van der Waals surface area contributed by atoms with E-state index in [-0.39, 0.29) is 5.00 Å². The molecule has 0 saturated heterocycles. The minimum absolute atomic E-state index is 0.0742. The van der Waals surface area contributed by atoms with E-state index in [0.29, 0.717) is 0 Å². The molecule has 0 aliphatic heterocycles. The lowest BCUT2D eigenvalue weighted by atomic mass is 10.1. The zero-order valence-corrected chi connectivity index (χ0v) is 8.44. The molecule has 0 N–H and O–H groups in total. The summed E-state index contributed by atoms with van der Waals surface area (Å²) in [5, 5.41) is -0.0742. The van der Waals surface area contributed by atoms with Crippen LogP contribution in [0.4, 0.5) is 0 Å². The summed E-state index contributed by atoms with van der Waals surface area (Å²) in [6.07, 6.45) is 0. The number of halogens is 1. The highest BCUT2D eigenvalue weighted by Crippen LogP contribution is 2.22. The van der Waals surface area contributed by atoms with Crippen LogP contribution in [0.3, 0.4) is 0 Å². The van der Waals surface area contributed by atoms with Crippen molar-refractivity contribution in [1.29, 1.82) is 0 Å². The second-order valence-electron chi connectivity index (χ2n) is 2.65. The Labute approximate surface area is 76.0 Å². The molecule has 0 fully saturated rings. The van der Waals surface area contributed by atoms with Crippen molar-refractivity contribution in [3.8, 4) is 0 Å². The summed E-state index contributed by atoms with van der Waals surface area (Å²) in [7, 11) is 3.38. The number of rotatable bonds is 1. The van der Waals surface area contributed by atoms with Gasteiger partial charge < -0.3 is 0 Å². The van der Waals surface area contributed by atoms with Crippen molar-refractivity contribution in [3.05, 3.63) is 34.9 Å². The van der Waals surface area contributed by atoms with E-state index in [0.717, 1.165) is 5.56 Å². The smallest absolute Gasteiger partial charge is 0.0553 e. The average molecular weight is 182 g/mol. The Balaban J connectivity index is 3.17. The SMILES string of the molecule is Cc1cccc(C([Si])Cl)c1C. The van der Waals surface area contributed by atoms with Crippen molar-refractivity contribution in [3.63, 3.8) is 0 Å². The Bertz CT molecular complexity index is 256. The molecule has 0 bridgehead atoms. The molecule has 0 nitrogen and oxygen atoms in total. The molecule has 1 rings (SSSR count). The van der Waals surface area contributed by atoms with Crippen LogP contribution in [0.1, 0.15) is 21.7 Å². The molecule has 0 aliphatic rings. The van der Waals surface area contributed by atoms with E-state index >= 15 is 0 Å². The van der Waals surface area contributed by atoms with Gasteiger partial charge in [-0.15, -0.1) is 11.6 Å². The Kier molecular flexibility index (Phi) is 2.74. The summed E-state index contributed by atoms with van der Waals surface area (Å²) in [6.45, 7) is 4.17. The van der Waals surface area contributed by atoms with E-state index in [2.05, 4.69) is 30.2 Å². The van der Waals surface area contributed by atoms with E-state index in [9.17, 15) is 0 Å². The highest BCUT2D eigenvalue weighted by molar-refractivity contribution is 6.40. The fraction of sp³-hybridized carbons (Fsp3) is 0.333. The molecule has 0 spiro atoms. The molecular formula is C9H10ClSi. The molecule has 57 valence electrons. The van der Waals surface area contributed by atoms with E-state index in [1.807, 2.05) is 12.1 Å². The van der Waals surface area contributed by atoms with Gasteiger partial charge in [0.1, 0.15) is 0 Å². The summed E-state index contributed by atoms with van der Waals surface area (Å²) in [4.78, 5) is 0. The van der Waals surface area contributed by atoms with Crippen LogP contribution in [0.25, 0.3) is 0 Å². The lowest BCUT2D eigenvalue weighted by Crippen LogP contribution is -1.94. The number of hydrogen-bond donors (Lipinski definition) is 0. The van der Waals surface area contributed by atoms with Crippen LogP contribution in [0.15, 0.2) is 18.2 Å². The molecular weight excluding hydrogens is 172 g/mol. The van der Waals surface area contributed by atoms with Crippen LogP contribution in [0.2, 0.25) is 0 Å². The third kappa shape index (κ3) is 1.85. The van der Waals surface area contributed by atoms with Crippen molar-refractivity contribution in [1.82, 2.24) is 0 Å². The molecule has 1 aromatic rings. The Morgan fingerprint density at radius 3 is 2.45 bits per heavy atom. The molecule has 1 atom stereocenters. The first-order valence-electron chi connectivity index (χ1n) is 3.54. The van der Waals surface area contributed by atoms with Crippen LogP contribution >= 0.6 is 11.6 Å². The monoisotopic (exact) mass is 181 g/mol. The first kappa shape index (κ1) is 8.82. The summed E-state index contributed by atoms with van der Waals surface area (Å²) in [5.74, 6) is 0. The Morgan fingerprint density at radius 1 is 1.36 bits per heavy atom. The lowest BCUT2D eigenvalue weighted by molar-refractivity contribution is 1.22. The van der Waals surface area contributed by atoms with Crippen LogP contribution in [0, 0.1) is 13.8 Å². The van der Waals surface area contributed by atoms with Gasteiger partial charge in [0.2, 0.25) is 0 Å². The van der Waals surface area contributed by atoms with Crippen molar-refractivity contribution >= 4 is 21.8 Å².